The molecule has 0 spiro atoms. The molecular formula is C35H31F3N2O5. The number of nitrogens with zero attached hydrogens (tertiary/aromatic N) is 1. The van der Waals surface area contributed by atoms with Crippen LogP contribution in [0.5, 0.6) is 5.75 Å². The lowest BCUT2D eigenvalue weighted by atomic mass is 9.97. The number of nitrogens with one attached hydrogen (secondary N) is 1. The Morgan fingerprint density at radius 1 is 0.822 bits per heavy atom. The van der Waals surface area contributed by atoms with Crippen LogP contribution in [0.3, 0.4) is 0 Å². The van der Waals surface area contributed by atoms with E-state index in [1.807, 2.05) is 0 Å². The third-order valence-electron chi connectivity index (χ3n) is 7.00. The van der Waals surface area contributed by atoms with Gasteiger partial charge in [-0.2, -0.15) is 13.2 Å². The van der Waals surface area contributed by atoms with E-state index >= 15 is 0 Å². The normalized spacial score (nSPS) is 11.1. The summed E-state index contributed by atoms with van der Waals surface area (Å²) >= 11 is 0. The lowest BCUT2D eigenvalue weighted by Crippen LogP contribution is -2.24. The number of hydrogen-bond donors (Lipinski definition) is 1. The molecule has 0 bridgehead atoms. The third-order valence-corrected chi connectivity index (χ3v) is 7.00. The summed E-state index contributed by atoms with van der Waals surface area (Å²) in [6.45, 7) is 1.45. The van der Waals surface area contributed by atoms with Gasteiger partial charge in [0.25, 0.3) is 11.8 Å². The number of alkyl halides is 3. The van der Waals surface area contributed by atoms with Gasteiger partial charge < -0.3 is 15.0 Å². The number of anilines is 1. The van der Waals surface area contributed by atoms with Crippen LogP contribution in [0.2, 0.25) is 0 Å². The summed E-state index contributed by atoms with van der Waals surface area (Å²) in [6.07, 6.45) is -3.47. The van der Waals surface area contributed by atoms with Crippen LogP contribution in [-0.2, 0) is 17.4 Å². The Bertz CT molecular complexity index is 1710. The van der Waals surface area contributed by atoms with E-state index in [-0.39, 0.29) is 34.9 Å². The highest BCUT2D eigenvalue weighted by atomic mass is 19.4. The van der Waals surface area contributed by atoms with Crippen molar-refractivity contribution in [1.29, 1.82) is 0 Å². The van der Waals surface area contributed by atoms with E-state index in [0.29, 0.717) is 35.3 Å². The maximum Gasteiger partial charge on any atom is 0.416 e. The zero-order valence-electron chi connectivity index (χ0n) is 24.9. The zero-order chi connectivity index (χ0) is 32.7. The molecule has 0 aliphatic carbocycles. The smallest absolute Gasteiger partial charge is 0.416 e. The quantitative estimate of drug-likeness (QED) is 0.113. The van der Waals surface area contributed by atoms with Gasteiger partial charge in [-0.05, 0) is 91.1 Å². The van der Waals surface area contributed by atoms with Crippen molar-refractivity contribution in [1.82, 2.24) is 4.90 Å². The highest BCUT2D eigenvalue weighted by Gasteiger charge is 2.30. The number of ether oxygens (including phenoxy) is 1. The van der Waals surface area contributed by atoms with Crippen LogP contribution in [0, 0.1) is 0 Å². The monoisotopic (exact) mass is 616 g/mol. The van der Waals surface area contributed by atoms with E-state index in [0.717, 1.165) is 17.7 Å². The fraction of sp³-hybridized carbons (Fsp3) is 0.200. The van der Waals surface area contributed by atoms with E-state index in [1.165, 1.54) is 24.0 Å². The molecule has 7 nitrogen and oxygen atoms in total. The molecule has 0 saturated heterocycles. The van der Waals surface area contributed by atoms with Gasteiger partial charge in [0.15, 0.2) is 5.78 Å². The molecule has 0 radical (unpaired) electrons. The molecule has 232 valence electrons. The van der Waals surface area contributed by atoms with Gasteiger partial charge in [0.2, 0.25) is 0 Å². The van der Waals surface area contributed by atoms with Crippen molar-refractivity contribution in [3.8, 4) is 16.9 Å². The number of Topliss-reactive ketones (excluding diaryl/α,β-unsaturated/α-hetero) is 1. The summed E-state index contributed by atoms with van der Waals surface area (Å²) in [5, 5.41) is 2.79. The van der Waals surface area contributed by atoms with Crippen LogP contribution < -0.4 is 10.1 Å². The van der Waals surface area contributed by atoms with Gasteiger partial charge in [0.05, 0.1) is 16.8 Å². The van der Waals surface area contributed by atoms with Gasteiger partial charge in [-0.25, -0.2) is 0 Å². The molecule has 1 N–H and O–H groups in total. The molecule has 0 unspecified atom stereocenters. The second kappa shape index (κ2) is 14.0. The highest BCUT2D eigenvalue weighted by Crippen LogP contribution is 2.32. The Hall–Kier alpha value is -5.25. The van der Waals surface area contributed by atoms with Crippen LogP contribution in [0.4, 0.5) is 18.9 Å². The Labute approximate surface area is 258 Å². The average molecular weight is 617 g/mol. The maximum atomic E-state index is 13.4. The largest absolute Gasteiger partial charge is 0.427 e. The van der Waals surface area contributed by atoms with E-state index in [2.05, 4.69) is 5.32 Å². The summed E-state index contributed by atoms with van der Waals surface area (Å²) < 4.78 is 44.5. The molecule has 10 heteroatoms. The summed E-state index contributed by atoms with van der Waals surface area (Å²) in [5.41, 5.74) is 2.08. The summed E-state index contributed by atoms with van der Waals surface area (Å²) in [6, 6.07) is 22.4. The highest BCUT2D eigenvalue weighted by molar-refractivity contribution is 6.11. The number of benzene rings is 4. The molecule has 0 fully saturated rings. The van der Waals surface area contributed by atoms with Gasteiger partial charge >= 0.3 is 12.1 Å². The van der Waals surface area contributed by atoms with Crippen molar-refractivity contribution in [2.24, 2.45) is 0 Å². The Kier molecular flexibility index (Phi) is 10.2. The molecule has 4 aromatic rings. The molecule has 4 aromatic carbocycles. The molecule has 0 aliphatic heterocycles. The first-order valence-corrected chi connectivity index (χ1v) is 14.1. The van der Waals surface area contributed by atoms with Crippen LogP contribution in [-0.4, -0.2) is 42.6 Å². The average Bonchev–Trinajstić information content (AvgIpc) is 3.01. The van der Waals surface area contributed by atoms with Crippen molar-refractivity contribution in [2.75, 3.05) is 19.4 Å². The van der Waals surface area contributed by atoms with Crippen LogP contribution in [0.15, 0.2) is 91.0 Å². The number of carbonyl (C=O) groups is 4. The number of rotatable bonds is 10. The van der Waals surface area contributed by atoms with Gasteiger partial charge in [0, 0.05) is 31.6 Å². The lowest BCUT2D eigenvalue weighted by molar-refractivity contribution is -0.137. The number of esters is 1. The van der Waals surface area contributed by atoms with Crippen LogP contribution in [0.25, 0.3) is 11.1 Å². The second-order valence-corrected chi connectivity index (χ2v) is 10.6. The molecule has 4 rings (SSSR count). The van der Waals surface area contributed by atoms with Gasteiger partial charge in [0.1, 0.15) is 5.75 Å². The molecule has 45 heavy (non-hydrogen) atoms. The first kappa shape index (κ1) is 32.7. The van der Waals surface area contributed by atoms with E-state index < -0.39 is 23.6 Å². The molecule has 0 saturated carbocycles. The molecule has 0 aliphatic rings. The first-order chi connectivity index (χ1) is 21.3. The molecule has 0 aromatic heterocycles. The first-order valence-electron chi connectivity index (χ1n) is 14.1. The zero-order valence-corrected chi connectivity index (χ0v) is 24.9. The molecule has 0 atom stereocenters. The van der Waals surface area contributed by atoms with E-state index in [1.54, 1.807) is 80.8 Å². The van der Waals surface area contributed by atoms with E-state index in [4.69, 9.17) is 4.74 Å². The Balaban J connectivity index is 1.47. The predicted molar refractivity (Wildman–Crippen MR) is 164 cm³/mol. The number of hydrogen-bond acceptors (Lipinski definition) is 5. The molecule has 0 heterocycles. The van der Waals surface area contributed by atoms with E-state index in [9.17, 15) is 32.3 Å². The van der Waals surface area contributed by atoms with Gasteiger partial charge in [-0.1, -0.05) is 36.4 Å². The number of aryl methyl sites for hydroxylation is 1. The Morgan fingerprint density at radius 3 is 2.11 bits per heavy atom. The summed E-state index contributed by atoms with van der Waals surface area (Å²) in [7, 11) is 3.17. The number of carbonyl (C=O) groups excluding carboxylic acids is 4. The SMILES string of the molecule is CC(=O)c1ccc(OC(=O)CCCc2ccc(NC(=O)c3ccccc3-c3ccc(C(F)(F)F)cc3)c(C(=O)N(C)C)c2)cc1. The fourth-order valence-corrected chi connectivity index (χ4v) is 4.61. The van der Waals surface area contributed by atoms with Crippen molar-refractivity contribution in [2.45, 2.75) is 32.4 Å². The van der Waals surface area contributed by atoms with Crippen LogP contribution >= 0.6 is 0 Å². The van der Waals surface area contributed by atoms with Crippen molar-refractivity contribution < 1.29 is 37.1 Å². The minimum atomic E-state index is -4.48. The summed E-state index contributed by atoms with van der Waals surface area (Å²) in [5.74, 6) is -1.08. The topological polar surface area (TPSA) is 92.8 Å². The summed E-state index contributed by atoms with van der Waals surface area (Å²) in [4.78, 5) is 51.6. The standard InChI is InChI=1S/C35H31F3N2O5/c1-22(41)24-14-18-27(19-15-24)45-32(42)10-6-7-23-11-20-31(30(21-23)34(44)40(2)3)39-33(43)29-9-5-4-8-28(29)25-12-16-26(17-13-25)35(36,37)38/h4-5,8-9,11-21H,6-7,10H2,1-3H3,(H,39,43). The van der Waals surface area contributed by atoms with Gasteiger partial charge in [-0.15, -0.1) is 0 Å². The third kappa shape index (κ3) is 8.44. The number of halogens is 3. The van der Waals surface area contributed by atoms with Gasteiger partial charge in [-0.3, -0.25) is 19.2 Å². The minimum absolute atomic E-state index is 0.0893. The fourth-order valence-electron chi connectivity index (χ4n) is 4.61. The second-order valence-electron chi connectivity index (χ2n) is 10.6. The Morgan fingerprint density at radius 2 is 1.49 bits per heavy atom. The lowest BCUT2D eigenvalue weighted by Gasteiger charge is -2.17. The van der Waals surface area contributed by atoms with Crippen molar-refractivity contribution >= 4 is 29.3 Å². The molecule has 2 amide bonds. The molecular weight excluding hydrogens is 585 g/mol. The minimum Gasteiger partial charge on any atom is -0.427 e. The van der Waals surface area contributed by atoms with Crippen molar-refractivity contribution in [3.63, 3.8) is 0 Å². The number of ketones is 1. The number of amides is 2. The predicted octanol–water partition coefficient (Wildman–Crippen LogP) is 7.46. The van der Waals surface area contributed by atoms with Crippen molar-refractivity contribution in [3.05, 3.63) is 119 Å². The maximum absolute atomic E-state index is 13.4. The van der Waals surface area contributed by atoms with Crippen LogP contribution in [0.1, 0.15) is 62.0 Å².